The molecule has 11 rings (SSSR count). The first kappa shape index (κ1) is 27.9. The number of rotatable bonds is 0. The fourth-order valence-corrected chi connectivity index (χ4v) is 13.5. The fourth-order valence-electron chi connectivity index (χ4n) is 13.5. The lowest BCUT2D eigenvalue weighted by Crippen LogP contribution is -2.59. The third kappa shape index (κ3) is 5.01. The van der Waals surface area contributed by atoms with Gasteiger partial charge in [-0.1, -0.05) is 27.7 Å². The van der Waals surface area contributed by atoms with Crippen molar-refractivity contribution < 1.29 is 13.2 Å². The van der Waals surface area contributed by atoms with Crippen molar-refractivity contribution in [1.82, 2.24) is 0 Å². The van der Waals surface area contributed by atoms with E-state index >= 15 is 0 Å². The van der Waals surface area contributed by atoms with Crippen LogP contribution in [0.25, 0.3) is 0 Å². The monoisotopic (exact) mass is 536 g/mol. The van der Waals surface area contributed by atoms with Gasteiger partial charge in [-0.05, 0) is 155 Å². The third-order valence-electron chi connectivity index (χ3n) is 13.2. The summed E-state index contributed by atoms with van der Waals surface area (Å²) in [5.41, 5.74) is 13.8. The van der Waals surface area contributed by atoms with Gasteiger partial charge < -0.3 is 11.5 Å². The molecule has 0 aliphatic heterocycles. The molecule has 0 amide bonds. The van der Waals surface area contributed by atoms with Crippen molar-refractivity contribution in [2.75, 3.05) is 0 Å². The fraction of sp³-hybridized carbons (Fsp3) is 1.00. The lowest BCUT2D eigenvalue weighted by atomic mass is 9.41. The molecule has 11 fully saturated rings. The topological polar surface area (TPSA) is 52.0 Å². The molecule has 2 atom stereocenters. The summed E-state index contributed by atoms with van der Waals surface area (Å²) < 4.78 is 38.1. The van der Waals surface area contributed by atoms with E-state index in [2.05, 4.69) is 27.7 Å². The van der Waals surface area contributed by atoms with Crippen molar-refractivity contribution >= 4 is 0 Å². The van der Waals surface area contributed by atoms with Gasteiger partial charge in [-0.2, -0.15) is 13.2 Å². The predicted molar refractivity (Wildman–Crippen MR) is 148 cm³/mol. The summed E-state index contributed by atoms with van der Waals surface area (Å²) in [5, 5.41) is 0. The van der Waals surface area contributed by atoms with E-state index in [1.54, 1.807) is 0 Å². The molecule has 0 heterocycles. The standard InChI is InChI=1S/C13H22.C11H19N.C9H14F3N/c1-11-4-10-5-12(2,7-11)9-13(3,6-10)8-11;1-10-3-8-2-9(4-10)6-11(12,5-8)7-10;10-9(11,12)7-1-4-8(13,5-2-7)6-3-7/h10H,4-9H2,1-3H3;8-9H,2-7,12H2,1H3;1-6,13H2. The van der Waals surface area contributed by atoms with E-state index in [1.807, 2.05) is 0 Å². The van der Waals surface area contributed by atoms with Crippen LogP contribution in [0.5, 0.6) is 0 Å². The maximum absolute atomic E-state index is 12.7. The summed E-state index contributed by atoms with van der Waals surface area (Å²) in [6.07, 6.45) is 16.0. The van der Waals surface area contributed by atoms with Crippen LogP contribution < -0.4 is 11.5 Å². The zero-order valence-electron chi connectivity index (χ0n) is 24.7. The molecule has 218 valence electrons. The first-order chi connectivity index (χ1) is 17.3. The number of nitrogens with two attached hydrogens (primary N) is 2. The third-order valence-corrected chi connectivity index (χ3v) is 13.2. The number of fused-ring (bicyclic) bond motifs is 3. The number of hydrogen-bond acceptors (Lipinski definition) is 2. The predicted octanol–water partition coefficient (Wildman–Crippen LogP) is 8.91. The summed E-state index contributed by atoms with van der Waals surface area (Å²) in [5.74, 6) is 3.05. The lowest BCUT2D eigenvalue weighted by Gasteiger charge is -2.64. The van der Waals surface area contributed by atoms with Crippen LogP contribution >= 0.6 is 0 Å². The SMILES string of the molecule is CC12CC3CC(C)(C1)CC(C)(C3)C2.CC12CC3CC(C1)CC(N)(C3)C2.NC12CCC(C(F)(F)F)(CC1)CC2. The molecule has 10 bridgehead atoms. The highest BCUT2D eigenvalue weighted by Crippen LogP contribution is 2.69. The molecular formula is C33H55F3N2. The van der Waals surface area contributed by atoms with Crippen LogP contribution in [0.15, 0.2) is 0 Å². The highest BCUT2D eigenvalue weighted by molar-refractivity contribution is 5.10. The Balaban J connectivity index is 0.000000104. The average molecular weight is 537 g/mol. The molecule has 0 spiro atoms. The van der Waals surface area contributed by atoms with Crippen LogP contribution in [-0.2, 0) is 0 Å². The van der Waals surface area contributed by atoms with Crippen LogP contribution in [0, 0.1) is 44.8 Å². The van der Waals surface area contributed by atoms with E-state index in [1.165, 1.54) is 77.0 Å². The maximum atomic E-state index is 12.7. The Morgan fingerprint density at radius 3 is 1.21 bits per heavy atom. The minimum absolute atomic E-state index is 0.243. The highest BCUT2D eigenvalue weighted by atomic mass is 19.4. The van der Waals surface area contributed by atoms with E-state index in [4.69, 9.17) is 11.5 Å². The minimum Gasteiger partial charge on any atom is -0.325 e. The van der Waals surface area contributed by atoms with Crippen molar-refractivity contribution in [2.24, 2.45) is 56.3 Å². The second kappa shape index (κ2) is 8.39. The molecule has 11 aliphatic carbocycles. The Bertz CT molecular complexity index is 830. The quantitative estimate of drug-likeness (QED) is 0.325. The van der Waals surface area contributed by atoms with Gasteiger partial charge >= 0.3 is 6.18 Å². The smallest absolute Gasteiger partial charge is 0.325 e. The first-order valence-corrected chi connectivity index (χ1v) is 16.0. The van der Waals surface area contributed by atoms with Gasteiger partial charge in [-0.15, -0.1) is 0 Å². The van der Waals surface area contributed by atoms with Gasteiger partial charge in [0, 0.05) is 11.1 Å². The highest BCUT2D eigenvalue weighted by Gasteiger charge is 2.61. The van der Waals surface area contributed by atoms with E-state index in [9.17, 15) is 13.2 Å². The molecule has 0 aromatic carbocycles. The van der Waals surface area contributed by atoms with Gasteiger partial charge in [0.2, 0.25) is 0 Å². The molecule has 0 radical (unpaired) electrons. The van der Waals surface area contributed by atoms with Gasteiger partial charge in [-0.3, -0.25) is 0 Å². The van der Waals surface area contributed by atoms with Crippen LogP contribution in [0.3, 0.4) is 0 Å². The number of hydrogen-bond donors (Lipinski definition) is 2. The Morgan fingerprint density at radius 2 is 0.895 bits per heavy atom. The summed E-state index contributed by atoms with van der Waals surface area (Å²) in [4.78, 5) is 0. The largest absolute Gasteiger partial charge is 0.394 e. The van der Waals surface area contributed by atoms with Crippen molar-refractivity contribution in [3.05, 3.63) is 0 Å². The van der Waals surface area contributed by atoms with E-state index in [0.29, 0.717) is 24.7 Å². The van der Waals surface area contributed by atoms with E-state index < -0.39 is 11.6 Å². The molecule has 11 aliphatic rings. The summed E-state index contributed by atoms with van der Waals surface area (Å²) in [7, 11) is 0. The van der Waals surface area contributed by atoms with Crippen LogP contribution in [-0.4, -0.2) is 17.3 Å². The van der Waals surface area contributed by atoms with E-state index in [-0.39, 0.29) is 30.3 Å². The molecule has 2 unspecified atom stereocenters. The summed E-state index contributed by atoms with van der Waals surface area (Å²) in [6, 6.07) is 0. The maximum Gasteiger partial charge on any atom is 0.394 e. The molecule has 0 saturated heterocycles. The molecule has 0 aromatic heterocycles. The molecule has 5 heteroatoms. The first-order valence-electron chi connectivity index (χ1n) is 16.0. The van der Waals surface area contributed by atoms with Crippen molar-refractivity contribution in [3.63, 3.8) is 0 Å². The summed E-state index contributed by atoms with van der Waals surface area (Å²) >= 11 is 0. The van der Waals surface area contributed by atoms with Crippen molar-refractivity contribution in [3.8, 4) is 0 Å². The van der Waals surface area contributed by atoms with Crippen LogP contribution in [0.1, 0.15) is 143 Å². The van der Waals surface area contributed by atoms with Crippen LogP contribution in [0.2, 0.25) is 0 Å². The molecular weight excluding hydrogens is 481 g/mol. The molecule has 0 aromatic rings. The Kier molecular flexibility index (Phi) is 6.15. The number of alkyl halides is 3. The second-order valence-corrected chi connectivity index (χ2v) is 18.2. The van der Waals surface area contributed by atoms with Gasteiger partial charge in [-0.25, -0.2) is 0 Å². The minimum atomic E-state index is -4.02. The molecule has 2 nitrogen and oxygen atoms in total. The van der Waals surface area contributed by atoms with Gasteiger partial charge in [0.1, 0.15) is 0 Å². The average Bonchev–Trinajstić information content (AvgIpc) is 2.68. The lowest BCUT2D eigenvalue weighted by molar-refractivity contribution is -0.252. The molecule has 38 heavy (non-hydrogen) atoms. The Labute approximate surface area is 230 Å². The Hall–Kier alpha value is -0.290. The van der Waals surface area contributed by atoms with Gasteiger partial charge in [0.05, 0.1) is 5.41 Å². The van der Waals surface area contributed by atoms with E-state index in [0.717, 1.165) is 34.0 Å². The molecule has 4 N–H and O–H groups in total. The Morgan fingerprint density at radius 1 is 0.500 bits per heavy atom. The zero-order valence-corrected chi connectivity index (χ0v) is 24.7. The number of halogens is 3. The van der Waals surface area contributed by atoms with Gasteiger partial charge in [0.15, 0.2) is 0 Å². The zero-order chi connectivity index (χ0) is 27.5. The van der Waals surface area contributed by atoms with Gasteiger partial charge in [0.25, 0.3) is 0 Å². The second-order valence-electron chi connectivity index (χ2n) is 18.2. The van der Waals surface area contributed by atoms with Crippen molar-refractivity contribution in [1.29, 1.82) is 0 Å². The summed E-state index contributed by atoms with van der Waals surface area (Å²) in [6.45, 7) is 10.1. The van der Waals surface area contributed by atoms with Crippen molar-refractivity contribution in [2.45, 2.75) is 161 Å². The van der Waals surface area contributed by atoms with Crippen LogP contribution in [0.4, 0.5) is 13.2 Å². The molecule has 11 saturated carbocycles. The normalized spacial score (nSPS) is 57.2.